The second-order valence-corrected chi connectivity index (χ2v) is 4.20. The fourth-order valence-corrected chi connectivity index (χ4v) is 1.94. The molecule has 0 spiro atoms. The summed E-state index contributed by atoms with van der Waals surface area (Å²) in [6.07, 6.45) is 6.23. The van der Waals surface area contributed by atoms with E-state index in [9.17, 15) is 0 Å². The fourth-order valence-electron chi connectivity index (χ4n) is 1.94. The van der Waals surface area contributed by atoms with E-state index in [2.05, 4.69) is 48.6 Å². The van der Waals surface area contributed by atoms with E-state index in [4.69, 9.17) is 4.74 Å². The minimum absolute atomic E-state index is 0.877. The SMILES string of the molecule is C/C=C/C=C(/c1ccccc1)c1ccc(OC)cc1. The van der Waals surface area contributed by atoms with Gasteiger partial charge in [0, 0.05) is 0 Å². The molecule has 0 saturated heterocycles. The maximum atomic E-state index is 5.20. The summed E-state index contributed by atoms with van der Waals surface area (Å²) in [5.74, 6) is 0.877. The Morgan fingerprint density at radius 3 is 2.11 bits per heavy atom. The van der Waals surface area contributed by atoms with Crippen LogP contribution in [0.2, 0.25) is 0 Å². The Balaban J connectivity index is 2.43. The topological polar surface area (TPSA) is 9.23 Å². The maximum Gasteiger partial charge on any atom is 0.118 e. The van der Waals surface area contributed by atoms with Gasteiger partial charge in [-0.15, -0.1) is 0 Å². The predicted molar refractivity (Wildman–Crippen MR) is 81.3 cm³/mol. The number of hydrogen-bond acceptors (Lipinski definition) is 1. The Bertz CT molecular complexity index is 562. The van der Waals surface area contributed by atoms with Crippen LogP contribution in [0.25, 0.3) is 5.57 Å². The molecule has 2 aromatic carbocycles. The van der Waals surface area contributed by atoms with Crippen LogP contribution in [-0.2, 0) is 0 Å². The van der Waals surface area contributed by atoms with Crippen molar-refractivity contribution in [1.29, 1.82) is 0 Å². The second-order valence-electron chi connectivity index (χ2n) is 4.20. The average molecular weight is 250 g/mol. The smallest absolute Gasteiger partial charge is 0.118 e. The molecule has 0 fully saturated rings. The molecule has 0 atom stereocenters. The highest BCUT2D eigenvalue weighted by Crippen LogP contribution is 2.25. The molecule has 0 N–H and O–H groups in total. The summed E-state index contributed by atoms with van der Waals surface area (Å²) < 4.78 is 5.20. The minimum Gasteiger partial charge on any atom is -0.497 e. The van der Waals surface area contributed by atoms with Gasteiger partial charge in [0.05, 0.1) is 7.11 Å². The van der Waals surface area contributed by atoms with Gasteiger partial charge in [0.15, 0.2) is 0 Å². The molecule has 0 saturated carbocycles. The van der Waals surface area contributed by atoms with Crippen LogP contribution < -0.4 is 4.74 Å². The first kappa shape index (κ1) is 13.2. The van der Waals surface area contributed by atoms with Gasteiger partial charge in [0.2, 0.25) is 0 Å². The molecule has 2 aromatic rings. The Morgan fingerprint density at radius 1 is 0.895 bits per heavy atom. The van der Waals surface area contributed by atoms with Crippen molar-refractivity contribution in [2.75, 3.05) is 7.11 Å². The van der Waals surface area contributed by atoms with E-state index in [1.165, 1.54) is 16.7 Å². The summed E-state index contributed by atoms with van der Waals surface area (Å²) >= 11 is 0. The fraction of sp³-hybridized carbons (Fsp3) is 0.111. The van der Waals surface area contributed by atoms with Crippen LogP contribution in [0.3, 0.4) is 0 Å². The highest BCUT2D eigenvalue weighted by molar-refractivity contribution is 5.80. The Kier molecular flexibility index (Phi) is 4.57. The van der Waals surface area contributed by atoms with Gasteiger partial charge < -0.3 is 4.74 Å². The average Bonchev–Trinajstić information content (AvgIpc) is 2.49. The van der Waals surface area contributed by atoms with E-state index in [0.29, 0.717) is 0 Å². The van der Waals surface area contributed by atoms with Gasteiger partial charge in [-0.1, -0.05) is 60.7 Å². The number of ether oxygens (including phenoxy) is 1. The van der Waals surface area contributed by atoms with Crippen LogP contribution >= 0.6 is 0 Å². The van der Waals surface area contributed by atoms with Crippen LogP contribution in [0, 0.1) is 0 Å². The zero-order chi connectivity index (χ0) is 13.5. The Labute approximate surface area is 114 Å². The lowest BCUT2D eigenvalue weighted by molar-refractivity contribution is 0.415. The molecule has 0 amide bonds. The van der Waals surface area contributed by atoms with Crippen LogP contribution in [0.15, 0.2) is 72.8 Å². The number of allylic oxidation sites excluding steroid dienone is 3. The van der Waals surface area contributed by atoms with Gasteiger partial charge >= 0.3 is 0 Å². The van der Waals surface area contributed by atoms with E-state index in [0.717, 1.165) is 5.75 Å². The van der Waals surface area contributed by atoms with Crippen LogP contribution in [-0.4, -0.2) is 7.11 Å². The third-order valence-corrected chi connectivity index (χ3v) is 2.94. The third-order valence-electron chi connectivity index (χ3n) is 2.94. The Morgan fingerprint density at radius 2 is 1.53 bits per heavy atom. The monoisotopic (exact) mass is 250 g/mol. The van der Waals surface area contributed by atoms with Crippen molar-refractivity contribution < 1.29 is 4.74 Å². The molecular formula is C18H18O. The molecule has 96 valence electrons. The second kappa shape index (κ2) is 6.60. The van der Waals surface area contributed by atoms with Crippen LogP contribution in [0.5, 0.6) is 5.75 Å². The molecule has 19 heavy (non-hydrogen) atoms. The first-order chi connectivity index (χ1) is 9.35. The molecule has 1 nitrogen and oxygen atoms in total. The number of hydrogen-bond donors (Lipinski definition) is 0. The van der Waals surface area contributed by atoms with Crippen LogP contribution in [0.4, 0.5) is 0 Å². The van der Waals surface area contributed by atoms with Crippen molar-refractivity contribution in [2.45, 2.75) is 6.92 Å². The van der Waals surface area contributed by atoms with Gasteiger partial charge in [0.25, 0.3) is 0 Å². The highest BCUT2D eigenvalue weighted by atomic mass is 16.5. The zero-order valence-electron chi connectivity index (χ0n) is 11.3. The van der Waals surface area contributed by atoms with Gasteiger partial charge in [-0.2, -0.15) is 0 Å². The van der Waals surface area contributed by atoms with Crippen LogP contribution in [0.1, 0.15) is 18.1 Å². The molecule has 0 aliphatic heterocycles. The summed E-state index contributed by atoms with van der Waals surface area (Å²) in [4.78, 5) is 0. The summed E-state index contributed by atoms with van der Waals surface area (Å²) in [5, 5.41) is 0. The molecule has 0 bridgehead atoms. The van der Waals surface area contributed by atoms with Crippen molar-refractivity contribution in [2.24, 2.45) is 0 Å². The largest absolute Gasteiger partial charge is 0.497 e. The van der Waals surface area contributed by atoms with Crippen molar-refractivity contribution >= 4 is 5.57 Å². The van der Waals surface area contributed by atoms with Gasteiger partial charge in [-0.3, -0.25) is 0 Å². The van der Waals surface area contributed by atoms with Crippen molar-refractivity contribution in [1.82, 2.24) is 0 Å². The van der Waals surface area contributed by atoms with E-state index in [-0.39, 0.29) is 0 Å². The van der Waals surface area contributed by atoms with E-state index < -0.39 is 0 Å². The minimum atomic E-state index is 0.877. The summed E-state index contributed by atoms with van der Waals surface area (Å²) in [7, 11) is 1.68. The van der Waals surface area contributed by atoms with Gasteiger partial charge in [0.1, 0.15) is 5.75 Å². The number of rotatable bonds is 4. The molecule has 2 rings (SSSR count). The standard InChI is InChI=1S/C18H18O/c1-3-4-10-18(15-8-6-5-7-9-15)16-11-13-17(19-2)14-12-16/h3-14H,1-2H3/b4-3+,18-10-. The van der Waals surface area contributed by atoms with E-state index >= 15 is 0 Å². The zero-order valence-corrected chi connectivity index (χ0v) is 11.3. The normalized spacial score (nSPS) is 11.8. The van der Waals surface area contributed by atoms with E-state index in [1.807, 2.05) is 31.2 Å². The van der Waals surface area contributed by atoms with Crippen molar-refractivity contribution in [3.05, 3.63) is 84.0 Å². The first-order valence-electron chi connectivity index (χ1n) is 6.38. The lowest BCUT2D eigenvalue weighted by atomic mass is 9.97. The quantitative estimate of drug-likeness (QED) is 0.714. The lowest BCUT2D eigenvalue weighted by Crippen LogP contribution is -1.88. The van der Waals surface area contributed by atoms with Crippen molar-refractivity contribution in [3.63, 3.8) is 0 Å². The maximum absolute atomic E-state index is 5.20. The molecule has 0 aromatic heterocycles. The Hall–Kier alpha value is -2.28. The van der Waals surface area contributed by atoms with Gasteiger partial charge in [-0.05, 0) is 35.8 Å². The van der Waals surface area contributed by atoms with Gasteiger partial charge in [-0.25, -0.2) is 0 Å². The molecule has 0 aliphatic rings. The molecular weight excluding hydrogens is 232 g/mol. The van der Waals surface area contributed by atoms with E-state index in [1.54, 1.807) is 7.11 Å². The highest BCUT2D eigenvalue weighted by Gasteiger charge is 2.03. The van der Waals surface area contributed by atoms with Crippen molar-refractivity contribution in [3.8, 4) is 5.75 Å². The molecule has 0 aliphatic carbocycles. The number of methoxy groups -OCH3 is 1. The molecule has 1 heteroatoms. The summed E-state index contributed by atoms with van der Waals surface area (Å²) in [6.45, 7) is 2.02. The first-order valence-corrected chi connectivity index (χ1v) is 6.38. The molecule has 0 unspecified atom stereocenters. The summed E-state index contributed by atoms with van der Waals surface area (Å²) in [6, 6.07) is 18.5. The summed E-state index contributed by atoms with van der Waals surface area (Å²) in [5.41, 5.74) is 3.61. The third kappa shape index (κ3) is 3.35. The molecule has 0 radical (unpaired) electrons. The lowest BCUT2D eigenvalue weighted by Gasteiger charge is -2.08. The molecule has 0 heterocycles. The predicted octanol–water partition coefficient (Wildman–Crippen LogP) is 4.70. The number of benzene rings is 2.